The molecule has 3 aromatic rings. The molecule has 0 N–H and O–H groups in total. The van der Waals surface area contributed by atoms with E-state index in [2.05, 4.69) is 4.99 Å². The Labute approximate surface area is 146 Å². The minimum Gasteiger partial charge on any atom is -0.328 e. The van der Waals surface area contributed by atoms with Crippen LogP contribution >= 0.6 is 0 Å². The van der Waals surface area contributed by atoms with Crippen LogP contribution in [0.4, 0.5) is 0 Å². The van der Waals surface area contributed by atoms with Gasteiger partial charge in [-0.05, 0) is 24.6 Å². The molecule has 1 amide bonds. The zero-order valence-corrected chi connectivity index (χ0v) is 13.9. The molecule has 0 unspecified atom stereocenters. The molecule has 0 saturated carbocycles. The zero-order chi connectivity index (χ0) is 17.6. The molecule has 4 nitrogen and oxygen atoms in total. The van der Waals surface area contributed by atoms with Gasteiger partial charge in [-0.1, -0.05) is 66.2 Å². The molecule has 0 spiro atoms. The second-order valence-electron chi connectivity index (χ2n) is 5.78. The van der Waals surface area contributed by atoms with Crippen molar-refractivity contribution in [2.24, 2.45) is 4.99 Å². The van der Waals surface area contributed by atoms with E-state index in [1.807, 2.05) is 54.1 Å². The van der Waals surface area contributed by atoms with Crippen molar-refractivity contribution >= 4 is 11.7 Å². The summed E-state index contributed by atoms with van der Waals surface area (Å²) in [4.78, 5) is 28.6. The van der Waals surface area contributed by atoms with Gasteiger partial charge in [0.15, 0.2) is 0 Å². The quantitative estimate of drug-likeness (QED) is 0.545. The highest BCUT2D eigenvalue weighted by Crippen LogP contribution is 2.05. The van der Waals surface area contributed by atoms with E-state index in [-0.39, 0.29) is 0 Å². The second kappa shape index (κ2) is 7.53. The van der Waals surface area contributed by atoms with Crippen molar-refractivity contribution in [3.8, 4) is 0 Å². The van der Waals surface area contributed by atoms with Crippen LogP contribution in [-0.4, -0.2) is 16.3 Å². The van der Waals surface area contributed by atoms with Crippen LogP contribution in [0, 0.1) is 6.92 Å². The number of amides is 1. The molecule has 2 aromatic carbocycles. The van der Waals surface area contributed by atoms with E-state index in [9.17, 15) is 9.59 Å². The lowest BCUT2D eigenvalue weighted by Crippen LogP contribution is -2.24. The third-order valence-corrected chi connectivity index (χ3v) is 3.84. The van der Waals surface area contributed by atoms with Gasteiger partial charge in [-0.25, -0.2) is 0 Å². The molecule has 1 heterocycles. The molecule has 25 heavy (non-hydrogen) atoms. The minimum absolute atomic E-state index is 0.352. The summed E-state index contributed by atoms with van der Waals surface area (Å²) in [6, 6.07) is 22.2. The standard InChI is InChI=1S/C21H18N2O2/c1-16-10-12-18(13-11-16)20(24)21(25)22-19-9-5-6-14-23(19)15-17-7-3-2-4-8-17/h2-14H,15H2,1H3. The van der Waals surface area contributed by atoms with Crippen molar-refractivity contribution in [3.63, 3.8) is 0 Å². The highest BCUT2D eigenvalue weighted by molar-refractivity contribution is 6.43. The van der Waals surface area contributed by atoms with Crippen molar-refractivity contribution in [1.29, 1.82) is 0 Å². The zero-order valence-electron chi connectivity index (χ0n) is 13.9. The first-order valence-corrected chi connectivity index (χ1v) is 8.03. The SMILES string of the molecule is Cc1ccc(C(=O)C(=O)N=c2ccccn2Cc2ccccc2)cc1. The summed E-state index contributed by atoms with van der Waals surface area (Å²) in [6.45, 7) is 2.50. The van der Waals surface area contributed by atoms with Gasteiger partial charge >= 0.3 is 5.91 Å². The van der Waals surface area contributed by atoms with Gasteiger partial charge in [-0.3, -0.25) is 9.59 Å². The molecule has 0 radical (unpaired) electrons. The number of ketones is 1. The molecule has 0 fully saturated rings. The number of carbonyl (C=O) groups excluding carboxylic acids is 2. The van der Waals surface area contributed by atoms with Gasteiger partial charge in [0.05, 0.1) is 0 Å². The summed E-state index contributed by atoms with van der Waals surface area (Å²) in [5, 5.41) is 0. The van der Waals surface area contributed by atoms with E-state index in [1.54, 1.807) is 36.4 Å². The monoisotopic (exact) mass is 330 g/mol. The molecule has 3 rings (SSSR count). The molecule has 0 aliphatic carbocycles. The maximum atomic E-state index is 12.3. The number of benzene rings is 2. The van der Waals surface area contributed by atoms with Crippen LogP contribution in [0.15, 0.2) is 84.0 Å². The van der Waals surface area contributed by atoms with Crippen LogP contribution in [0.2, 0.25) is 0 Å². The fourth-order valence-corrected chi connectivity index (χ4v) is 2.47. The summed E-state index contributed by atoms with van der Waals surface area (Å²) < 4.78 is 1.84. The van der Waals surface area contributed by atoms with E-state index in [0.717, 1.165) is 11.1 Å². The molecule has 0 aliphatic rings. The average molecular weight is 330 g/mol. The number of hydrogen-bond donors (Lipinski definition) is 0. The van der Waals surface area contributed by atoms with E-state index in [1.165, 1.54) is 0 Å². The Bertz CT molecular complexity index is 955. The first-order valence-electron chi connectivity index (χ1n) is 8.03. The third kappa shape index (κ3) is 4.18. The Morgan fingerprint density at radius 2 is 1.56 bits per heavy atom. The number of Topliss-reactive ketones (excluding diaryl/α,β-unsaturated/α-hetero) is 1. The Kier molecular flexibility index (Phi) is 5.00. The number of aromatic nitrogens is 1. The topological polar surface area (TPSA) is 51.4 Å². The van der Waals surface area contributed by atoms with E-state index in [0.29, 0.717) is 17.6 Å². The summed E-state index contributed by atoms with van der Waals surface area (Å²) in [6.07, 6.45) is 1.84. The van der Waals surface area contributed by atoms with Crippen LogP contribution in [0.3, 0.4) is 0 Å². The molecule has 0 aliphatic heterocycles. The Balaban J connectivity index is 1.89. The second-order valence-corrected chi connectivity index (χ2v) is 5.78. The summed E-state index contributed by atoms with van der Waals surface area (Å²) in [5.74, 6) is -1.37. The summed E-state index contributed by atoms with van der Waals surface area (Å²) >= 11 is 0. The predicted molar refractivity (Wildman–Crippen MR) is 96.1 cm³/mol. The van der Waals surface area contributed by atoms with Crippen molar-refractivity contribution in [2.45, 2.75) is 13.5 Å². The van der Waals surface area contributed by atoms with Crippen molar-refractivity contribution in [3.05, 3.63) is 101 Å². The van der Waals surface area contributed by atoms with Gasteiger partial charge < -0.3 is 4.57 Å². The Morgan fingerprint density at radius 1 is 0.880 bits per heavy atom. The lowest BCUT2D eigenvalue weighted by atomic mass is 10.1. The van der Waals surface area contributed by atoms with Crippen molar-refractivity contribution < 1.29 is 9.59 Å². The minimum atomic E-state index is -0.767. The molecule has 4 heteroatoms. The van der Waals surface area contributed by atoms with Gasteiger partial charge in [0, 0.05) is 18.3 Å². The Morgan fingerprint density at radius 3 is 2.28 bits per heavy atom. The normalized spacial score (nSPS) is 11.3. The molecular formula is C21H18N2O2. The molecule has 1 aromatic heterocycles. The van der Waals surface area contributed by atoms with E-state index < -0.39 is 11.7 Å². The van der Waals surface area contributed by atoms with Gasteiger partial charge in [0.2, 0.25) is 0 Å². The fraction of sp³-hybridized carbons (Fsp3) is 0.0952. The average Bonchev–Trinajstić information content (AvgIpc) is 2.64. The molecule has 0 bridgehead atoms. The number of rotatable bonds is 4. The molecular weight excluding hydrogens is 312 g/mol. The Hall–Kier alpha value is -3.27. The first kappa shape index (κ1) is 16.6. The number of hydrogen-bond acceptors (Lipinski definition) is 2. The van der Waals surface area contributed by atoms with Crippen LogP contribution < -0.4 is 5.49 Å². The van der Waals surface area contributed by atoms with Gasteiger partial charge in [0.25, 0.3) is 5.78 Å². The first-order chi connectivity index (χ1) is 12.1. The maximum Gasteiger partial charge on any atom is 0.320 e. The van der Waals surface area contributed by atoms with Crippen LogP contribution in [0.25, 0.3) is 0 Å². The lowest BCUT2D eigenvalue weighted by Gasteiger charge is -2.07. The van der Waals surface area contributed by atoms with Crippen LogP contribution in [0.5, 0.6) is 0 Å². The van der Waals surface area contributed by atoms with Gasteiger partial charge in [-0.2, -0.15) is 4.99 Å². The molecule has 124 valence electrons. The highest BCUT2D eigenvalue weighted by Gasteiger charge is 2.15. The lowest BCUT2D eigenvalue weighted by molar-refractivity contribution is -0.114. The highest BCUT2D eigenvalue weighted by atomic mass is 16.2. The van der Waals surface area contributed by atoms with Gasteiger partial charge in [-0.15, -0.1) is 0 Å². The largest absolute Gasteiger partial charge is 0.328 e. The molecule has 0 saturated heterocycles. The van der Waals surface area contributed by atoms with Gasteiger partial charge in [0.1, 0.15) is 5.49 Å². The van der Waals surface area contributed by atoms with E-state index in [4.69, 9.17) is 0 Å². The predicted octanol–water partition coefficient (Wildman–Crippen LogP) is 3.16. The number of aryl methyl sites for hydroxylation is 1. The summed E-state index contributed by atoms with van der Waals surface area (Å²) in [5.41, 5.74) is 2.93. The maximum absolute atomic E-state index is 12.3. The van der Waals surface area contributed by atoms with Crippen LogP contribution in [0.1, 0.15) is 21.5 Å². The molecule has 0 atom stereocenters. The summed E-state index contributed by atoms with van der Waals surface area (Å²) in [7, 11) is 0. The fourth-order valence-electron chi connectivity index (χ4n) is 2.47. The number of pyridine rings is 1. The number of carbonyl (C=O) groups is 2. The van der Waals surface area contributed by atoms with Crippen molar-refractivity contribution in [2.75, 3.05) is 0 Å². The smallest absolute Gasteiger partial charge is 0.320 e. The van der Waals surface area contributed by atoms with Crippen LogP contribution in [-0.2, 0) is 11.3 Å². The van der Waals surface area contributed by atoms with Crippen molar-refractivity contribution in [1.82, 2.24) is 4.57 Å². The third-order valence-electron chi connectivity index (χ3n) is 3.84. The van der Waals surface area contributed by atoms with E-state index >= 15 is 0 Å². The number of nitrogens with zero attached hydrogens (tertiary/aromatic N) is 2.